The molecule has 0 saturated carbocycles. The largest absolute Gasteiger partial charge is 0.481 e. The Balaban J connectivity index is 2.00. The average molecular weight is 352 g/mol. The van der Waals surface area contributed by atoms with Gasteiger partial charge in [-0.3, -0.25) is 14.4 Å². The first kappa shape index (κ1) is 16.8. The first-order chi connectivity index (χ1) is 12.2. The third-order valence-electron chi connectivity index (χ3n) is 5.73. The van der Waals surface area contributed by atoms with Crippen molar-refractivity contribution in [2.45, 2.75) is 51.9 Å². The molecule has 0 spiro atoms. The van der Waals surface area contributed by atoms with Crippen LogP contribution < -0.4 is 0 Å². The minimum absolute atomic E-state index is 0.0419. The molecule has 1 aromatic heterocycles. The Hall–Kier alpha value is -2.69. The van der Waals surface area contributed by atoms with Crippen molar-refractivity contribution in [1.29, 1.82) is 0 Å². The van der Waals surface area contributed by atoms with Gasteiger partial charge in [0.1, 0.15) is 17.9 Å². The SMILES string of the molecule is Cc1c(CC(=O)O)oc2c1C(=O)C(=O)c1c-2ccc2c1CCCC2(C)C. The Labute approximate surface area is 151 Å². The summed E-state index contributed by atoms with van der Waals surface area (Å²) in [7, 11) is 0. The topological polar surface area (TPSA) is 84.6 Å². The molecule has 0 amide bonds. The van der Waals surface area contributed by atoms with Gasteiger partial charge in [-0.1, -0.05) is 26.0 Å². The van der Waals surface area contributed by atoms with Gasteiger partial charge >= 0.3 is 5.97 Å². The molecule has 2 aliphatic rings. The molecule has 0 fully saturated rings. The van der Waals surface area contributed by atoms with Crippen LogP contribution in [0.25, 0.3) is 11.3 Å². The molecule has 0 bridgehead atoms. The summed E-state index contributed by atoms with van der Waals surface area (Å²) in [6, 6.07) is 3.87. The van der Waals surface area contributed by atoms with Crippen LogP contribution in [0, 0.1) is 6.92 Å². The molecule has 134 valence electrons. The Bertz CT molecular complexity index is 990. The smallest absolute Gasteiger partial charge is 0.311 e. The van der Waals surface area contributed by atoms with E-state index in [0.717, 1.165) is 30.4 Å². The molecule has 5 nitrogen and oxygen atoms in total. The zero-order valence-corrected chi connectivity index (χ0v) is 15.1. The lowest BCUT2D eigenvalue weighted by Crippen LogP contribution is -2.29. The number of carboxylic acids is 1. The van der Waals surface area contributed by atoms with Crippen LogP contribution >= 0.6 is 0 Å². The number of ketones is 2. The number of carbonyl (C=O) groups is 3. The van der Waals surface area contributed by atoms with Crippen LogP contribution in [0.3, 0.4) is 0 Å². The highest BCUT2D eigenvalue weighted by molar-refractivity contribution is 6.53. The molecule has 2 aromatic rings. The molecule has 2 aliphatic carbocycles. The third kappa shape index (κ3) is 2.19. The number of aliphatic carboxylic acids is 1. The minimum Gasteiger partial charge on any atom is -0.481 e. The molecule has 5 heteroatoms. The van der Waals surface area contributed by atoms with Crippen molar-refractivity contribution in [1.82, 2.24) is 0 Å². The van der Waals surface area contributed by atoms with Gasteiger partial charge in [0.15, 0.2) is 0 Å². The molecule has 0 atom stereocenters. The minimum atomic E-state index is -1.04. The van der Waals surface area contributed by atoms with Gasteiger partial charge in [0, 0.05) is 16.7 Å². The predicted molar refractivity (Wildman–Crippen MR) is 94.8 cm³/mol. The van der Waals surface area contributed by atoms with Gasteiger partial charge in [0.2, 0.25) is 11.6 Å². The van der Waals surface area contributed by atoms with E-state index in [4.69, 9.17) is 9.52 Å². The number of carbonyl (C=O) groups excluding carboxylic acids is 2. The highest BCUT2D eigenvalue weighted by Gasteiger charge is 2.40. The summed E-state index contributed by atoms with van der Waals surface area (Å²) in [6.45, 7) is 5.94. The van der Waals surface area contributed by atoms with E-state index < -0.39 is 17.5 Å². The summed E-state index contributed by atoms with van der Waals surface area (Å²) in [5.41, 5.74) is 3.74. The number of Topliss-reactive ketones (excluding diaryl/α,β-unsaturated/α-hetero) is 2. The highest BCUT2D eigenvalue weighted by Crippen LogP contribution is 2.45. The second-order valence-electron chi connectivity index (χ2n) is 7.83. The molecule has 4 rings (SSSR count). The quantitative estimate of drug-likeness (QED) is 0.829. The second kappa shape index (κ2) is 5.40. The zero-order chi connectivity index (χ0) is 18.8. The highest BCUT2D eigenvalue weighted by atomic mass is 16.4. The Kier molecular flexibility index (Phi) is 3.48. The summed E-state index contributed by atoms with van der Waals surface area (Å²) < 4.78 is 5.78. The number of hydrogen-bond donors (Lipinski definition) is 1. The maximum Gasteiger partial charge on any atom is 0.311 e. The van der Waals surface area contributed by atoms with Crippen molar-refractivity contribution < 1.29 is 23.9 Å². The summed E-state index contributed by atoms with van der Waals surface area (Å²) in [6.07, 6.45) is 2.45. The predicted octanol–water partition coefficient (Wildman–Crippen LogP) is 3.88. The van der Waals surface area contributed by atoms with Crippen molar-refractivity contribution in [3.05, 3.63) is 45.7 Å². The lowest BCUT2D eigenvalue weighted by Gasteiger charge is -2.34. The van der Waals surface area contributed by atoms with E-state index >= 15 is 0 Å². The van der Waals surface area contributed by atoms with Crippen molar-refractivity contribution in [2.24, 2.45) is 0 Å². The van der Waals surface area contributed by atoms with E-state index in [0.29, 0.717) is 22.5 Å². The summed E-state index contributed by atoms with van der Waals surface area (Å²) in [4.78, 5) is 36.8. The Morgan fingerprint density at radius 3 is 2.58 bits per heavy atom. The fraction of sp³-hybridized carbons (Fsp3) is 0.381. The van der Waals surface area contributed by atoms with E-state index in [9.17, 15) is 14.4 Å². The number of carboxylic acid groups (broad SMARTS) is 1. The number of benzene rings is 1. The second-order valence-corrected chi connectivity index (χ2v) is 7.83. The van der Waals surface area contributed by atoms with Crippen LogP contribution in [0.4, 0.5) is 0 Å². The lowest BCUT2D eigenvalue weighted by atomic mass is 9.69. The van der Waals surface area contributed by atoms with Gasteiger partial charge in [0.05, 0.1) is 5.56 Å². The number of hydrogen-bond acceptors (Lipinski definition) is 4. The standard InChI is InChI=1S/C21H20O5/c1-10-14(9-15(22)23)26-20-12-6-7-13-11(5-4-8-21(13,2)3)17(12)19(25)18(24)16(10)20/h6-7H,4-5,8-9H2,1-3H3,(H,22,23). The van der Waals surface area contributed by atoms with Crippen LogP contribution in [-0.2, 0) is 23.1 Å². The molecule has 0 aliphatic heterocycles. The fourth-order valence-corrected chi connectivity index (χ4v) is 4.39. The first-order valence-electron chi connectivity index (χ1n) is 8.82. The molecule has 1 aromatic carbocycles. The van der Waals surface area contributed by atoms with Gasteiger partial charge in [-0.2, -0.15) is 0 Å². The first-order valence-corrected chi connectivity index (χ1v) is 8.82. The normalized spacial score (nSPS) is 17.5. The maximum absolute atomic E-state index is 12.9. The van der Waals surface area contributed by atoms with Crippen molar-refractivity contribution in [2.75, 3.05) is 0 Å². The summed E-state index contributed by atoms with van der Waals surface area (Å²) in [5, 5.41) is 9.07. The van der Waals surface area contributed by atoms with Crippen LogP contribution in [0.1, 0.15) is 69.9 Å². The maximum atomic E-state index is 12.9. The van der Waals surface area contributed by atoms with Crippen LogP contribution in [0.15, 0.2) is 16.5 Å². The fourth-order valence-electron chi connectivity index (χ4n) is 4.39. The molecular weight excluding hydrogens is 332 g/mol. The van der Waals surface area contributed by atoms with Crippen molar-refractivity contribution in [3.8, 4) is 11.3 Å². The van der Waals surface area contributed by atoms with Gasteiger partial charge in [0.25, 0.3) is 0 Å². The summed E-state index contributed by atoms with van der Waals surface area (Å²) in [5.74, 6) is -1.57. The molecule has 0 unspecified atom stereocenters. The van der Waals surface area contributed by atoms with Gasteiger partial charge in [-0.25, -0.2) is 0 Å². The van der Waals surface area contributed by atoms with Gasteiger partial charge in [-0.15, -0.1) is 0 Å². The van der Waals surface area contributed by atoms with Crippen LogP contribution in [0.5, 0.6) is 0 Å². The van der Waals surface area contributed by atoms with E-state index in [1.165, 1.54) is 0 Å². The van der Waals surface area contributed by atoms with E-state index in [-0.39, 0.29) is 23.2 Å². The third-order valence-corrected chi connectivity index (χ3v) is 5.73. The van der Waals surface area contributed by atoms with Crippen LogP contribution in [0.2, 0.25) is 0 Å². The zero-order valence-electron chi connectivity index (χ0n) is 15.1. The molecule has 0 radical (unpaired) electrons. The number of rotatable bonds is 2. The summed E-state index contributed by atoms with van der Waals surface area (Å²) >= 11 is 0. The van der Waals surface area contributed by atoms with E-state index in [1.807, 2.05) is 12.1 Å². The molecule has 1 heterocycles. The van der Waals surface area contributed by atoms with E-state index in [1.54, 1.807) is 6.92 Å². The number of furan rings is 1. The average Bonchev–Trinajstić information content (AvgIpc) is 2.88. The number of fused-ring (bicyclic) bond motifs is 5. The molecule has 1 N–H and O–H groups in total. The Morgan fingerprint density at radius 2 is 1.88 bits per heavy atom. The van der Waals surface area contributed by atoms with Gasteiger partial charge in [-0.05, 0) is 42.7 Å². The van der Waals surface area contributed by atoms with Gasteiger partial charge < -0.3 is 9.52 Å². The lowest BCUT2D eigenvalue weighted by molar-refractivity contribution is -0.136. The molecule has 26 heavy (non-hydrogen) atoms. The Morgan fingerprint density at radius 1 is 1.19 bits per heavy atom. The monoisotopic (exact) mass is 352 g/mol. The van der Waals surface area contributed by atoms with Crippen molar-refractivity contribution in [3.63, 3.8) is 0 Å². The van der Waals surface area contributed by atoms with Crippen molar-refractivity contribution >= 4 is 17.5 Å². The van der Waals surface area contributed by atoms with E-state index in [2.05, 4.69) is 13.8 Å². The molecule has 0 saturated heterocycles. The van der Waals surface area contributed by atoms with Crippen LogP contribution in [-0.4, -0.2) is 22.6 Å². The molecular formula is C21H20O5.